The van der Waals surface area contributed by atoms with E-state index in [0.29, 0.717) is 5.15 Å². The molecule has 2 aliphatic carbocycles. The van der Waals surface area contributed by atoms with Gasteiger partial charge in [0.25, 0.3) is 5.91 Å². The zero-order valence-corrected chi connectivity index (χ0v) is 12.9. The van der Waals surface area contributed by atoms with Gasteiger partial charge in [-0.1, -0.05) is 11.6 Å². The van der Waals surface area contributed by atoms with Crippen molar-refractivity contribution in [1.29, 1.82) is 0 Å². The van der Waals surface area contributed by atoms with Gasteiger partial charge >= 0.3 is 0 Å². The molecule has 0 radical (unpaired) electrons. The normalized spacial score (nSPS) is 20.7. The molecule has 3 heterocycles. The van der Waals surface area contributed by atoms with Crippen molar-refractivity contribution in [3.05, 3.63) is 39.8 Å². The lowest BCUT2D eigenvalue weighted by molar-refractivity contribution is 0.0793. The molecule has 0 atom stereocenters. The van der Waals surface area contributed by atoms with E-state index < -0.39 is 0 Å². The van der Waals surface area contributed by atoms with Gasteiger partial charge in [-0.15, -0.1) is 0 Å². The average Bonchev–Trinajstić information content (AvgIpc) is 2.84. The van der Waals surface area contributed by atoms with Crippen molar-refractivity contribution >= 4 is 17.5 Å². The third-order valence-corrected chi connectivity index (χ3v) is 5.69. The van der Waals surface area contributed by atoms with Crippen LogP contribution in [0.1, 0.15) is 46.4 Å². The maximum absolute atomic E-state index is 12.6. The zero-order chi connectivity index (χ0) is 14.9. The second-order valence-corrected chi connectivity index (χ2v) is 7.15. The highest BCUT2D eigenvalue weighted by Crippen LogP contribution is 2.43. The van der Waals surface area contributed by atoms with Gasteiger partial charge in [0.2, 0.25) is 0 Å². The molecule has 1 amide bonds. The van der Waals surface area contributed by atoms with Gasteiger partial charge in [-0.05, 0) is 49.3 Å². The standard InChI is InChI=1S/C17H16ClN3O/c18-13-6-11-9(8-19-13)2-3-10-14-12(20-15(10)11)7-17(4-1-5-17)21-16(14)22/h6,8,20H,1-5,7H2,(H,21,22). The van der Waals surface area contributed by atoms with E-state index in [1.165, 1.54) is 12.0 Å². The number of carbonyl (C=O) groups is 1. The molecular weight excluding hydrogens is 298 g/mol. The Morgan fingerprint density at radius 3 is 2.91 bits per heavy atom. The number of nitrogens with one attached hydrogen (secondary N) is 2. The topological polar surface area (TPSA) is 57.8 Å². The van der Waals surface area contributed by atoms with Crippen LogP contribution in [-0.2, 0) is 19.3 Å². The molecule has 0 bridgehead atoms. The number of aromatic amines is 1. The van der Waals surface area contributed by atoms with E-state index in [0.717, 1.165) is 60.2 Å². The first-order chi connectivity index (χ1) is 10.7. The first-order valence-corrected chi connectivity index (χ1v) is 8.24. The number of aromatic nitrogens is 2. The molecule has 2 aromatic heterocycles. The Morgan fingerprint density at radius 1 is 1.27 bits per heavy atom. The van der Waals surface area contributed by atoms with Crippen LogP contribution in [0, 0.1) is 0 Å². The number of aryl methyl sites for hydroxylation is 1. The Kier molecular flexibility index (Phi) is 2.39. The van der Waals surface area contributed by atoms with Crippen molar-refractivity contribution in [2.45, 2.75) is 44.1 Å². The molecule has 2 aromatic rings. The minimum absolute atomic E-state index is 0.0102. The van der Waals surface area contributed by atoms with E-state index in [4.69, 9.17) is 11.6 Å². The van der Waals surface area contributed by atoms with Crippen LogP contribution in [0.2, 0.25) is 5.15 Å². The van der Waals surface area contributed by atoms with E-state index >= 15 is 0 Å². The predicted molar refractivity (Wildman–Crippen MR) is 84.2 cm³/mol. The summed E-state index contributed by atoms with van der Waals surface area (Å²) in [7, 11) is 0. The SMILES string of the molecule is O=C1NC2(CCC2)Cc2[nH]c3c(c21)CCc1cnc(Cl)cc1-3. The van der Waals surface area contributed by atoms with Crippen LogP contribution in [0.3, 0.4) is 0 Å². The predicted octanol–water partition coefficient (Wildman–Crippen LogP) is 3.04. The summed E-state index contributed by atoms with van der Waals surface area (Å²) in [6.45, 7) is 0. The van der Waals surface area contributed by atoms with Crippen LogP contribution in [0.25, 0.3) is 11.3 Å². The second-order valence-electron chi connectivity index (χ2n) is 6.76. The van der Waals surface area contributed by atoms with Gasteiger partial charge in [-0.2, -0.15) is 0 Å². The molecule has 1 fully saturated rings. The van der Waals surface area contributed by atoms with Gasteiger partial charge in [-0.3, -0.25) is 4.79 Å². The molecule has 22 heavy (non-hydrogen) atoms. The van der Waals surface area contributed by atoms with Crippen LogP contribution < -0.4 is 5.32 Å². The molecule has 1 aliphatic heterocycles. The van der Waals surface area contributed by atoms with Gasteiger partial charge in [0.15, 0.2) is 0 Å². The Morgan fingerprint density at radius 2 is 2.14 bits per heavy atom. The maximum atomic E-state index is 12.6. The lowest BCUT2D eigenvalue weighted by atomic mass is 9.71. The highest BCUT2D eigenvalue weighted by atomic mass is 35.5. The monoisotopic (exact) mass is 313 g/mol. The van der Waals surface area contributed by atoms with Gasteiger partial charge in [0.1, 0.15) is 5.15 Å². The van der Waals surface area contributed by atoms with E-state index in [9.17, 15) is 4.79 Å². The summed E-state index contributed by atoms with van der Waals surface area (Å²) >= 11 is 6.07. The highest BCUT2D eigenvalue weighted by Gasteiger charge is 2.45. The molecule has 0 saturated heterocycles. The fourth-order valence-electron chi connectivity index (χ4n) is 4.22. The molecule has 3 aliphatic rings. The number of pyridine rings is 1. The van der Waals surface area contributed by atoms with Crippen LogP contribution in [-0.4, -0.2) is 21.4 Å². The molecular formula is C17H16ClN3O. The Bertz CT molecular complexity index is 820. The van der Waals surface area contributed by atoms with Gasteiger partial charge in [0.05, 0.1) is 11.3 Å². The molecule has 1 saturated carbocycles. The summed E-state index contributed by atoms with van der Waals surface area (Å²) in [5, 5.41) is 3.76. The molecule has 0 aromatic carbocycles. The van der Waals surface area contributed by atoms with E-state index in [1.807, 2.05) is 12.3 Å². The maximum Gasteiger partial charge on any atom is 0.253 e. The summed E-state index contributed by atoms with van der Waals surface area (Å²) < 4.78 is 0. The van der Waals surface area contributed by atoms with Crippen LogP contribution in [0.4, 0.5) is 0 Å². The molecule has 5 heteroatoms. The van der Waals surface area contributed by atoms with Gasteiger partial charge in [0, 0.05) is 29.4 Å². The summed E-state index contributed by atoms with van der Waals surface area (Å²) in [6.07, 6.45) is 7.97. The molecule has 4 nitrogen and oxygen atoms in total. The molecule has 112 valence electrons. The number of H-pyrrole nitrogens is 1. The fourth-order valence-corrected chi connectivity index (χ4v) is 4.38. The van der Waals surface area contributed by atoms with Crippen molar-refractivity contribution in [3.8, 4) is 11.3 Å². The average molecular weight is 314 g/mol. The van der Waals surface area contributed by atoms with E-state index in [-0.39, 0.29) is 11.4 Å². The zero-order valence-electron chi connectivity index (χ0n) is 12.1. The lowest BCUT2D eigenvalue weighted by Crippen LogP contribution is -2.57. The lowest BCUT2D eigenvalue weighted by Gasteiger charge is -2.45. The fraction of sp³-hybridized carbons (Fsp3) is 0.412. The summed E-state index contributed by atoms with van der Waals surface area (Å²) in [6, 6.07) is 1.91. The number of nitrogens with zero attached hydrogens (tertiary/aromatic N) is 1. The molecule has 1 spiro atoms. The number of hydrogen-bond donors (Lipinski definition) is 2. The smallest absolute Gasteiger partial charge is 0.253 e. The third-order valence-electron chi connectivity index (χ3n) is 5.48. The summed E-state index contributed by atoms with van der Waals surface area (Å²) in [5.74, 6) is 0.0991. The van der Waals surface area contributed by atoms with Crippen LogP contribution >= 0.6 is 11.6 Å². The van der Waals surface area contributed by atoms with Crippen molar-refractivity contribution in [3.63, 3.8) is 0 Å². The quantitative estimate of drug-likeness (QED) is 0.734. The Balaban J connectivity index is 1.69. The Hall–Kier alpha value is -1.81. The first-order valence-electron chi connectivity index (χ1n) is 7.86. The summed E-state index contributed by atoms with van der Waals surface area (Å²) in [5.41, 5.74) is 6.52. The van der Waals surface area contributed by atoms with Gasteiger partial charge in [-0.25, -0.2) is 4.98 Å². The van der Waals surface area contributed by atoms with Crippen molar-refractivity contribution in [2.75, 3.05) is 0 Å². The molecule has 0 unspecified atom stereocenters. The number of carbonyl (C=O) groups excluding carboxylic acids is 1. The van der Waals surface area contributed by atoms with E-state index in [2.05, 4.69) is 15.3 Å². The molecule has 5 rings (SSSR count). The number of hydrogen-bond acceptors (Lipinski definition) is 2. The third kappa shape index (κ3) is 1.59. The molecule has 2 N–H and O–H groups in total. The van der Waals surface area contributed by atoms with E-state index in [1.54, 1.807) is 0 Å². The summed E-state index contributed by atoms with van der Waals surface area (Å²) in [4.78, 5) is 20.4. The van der Waals surface area contributed by atoms with Crippen LogP contribution in [0.5, 0.6) is 0 Å². The van der Waals surface area contributed by atoms with Crippen molar-refractivity contribution in [1.82, 2.24) is 15.3 Å². The highest BCUT2D eigenvalue weighted by molar-refractivity contribution is 6.29. The number of halogens is 1. The van der Waals surface area contributed by atoms with Gasteiger partial charge < -0.3 is 10.3 Å². The first kappa shape index (κ1) is 12.7. The van der Waals surface area contributed by atoms with Crippen LogP contribution in [0.15, 0.2) is 12.3 Å². The van der Waals surface area contributed by atoms with Crippen molar-refractivity contribution < 1.29 is 4.79 Å². The minimum atomic E-state index is 0.0102. The number of fused-ring (bicyclic) bond motifs is 5. The number of amides is 1. The second kappa shape index (κ2) is 4.13. The largest absolute Gasteiger partial charge is 0.357 e. The number of rotatable bonds is 0. The minimum Gasteiger partial charge on any atom is -0.357 e. The Labute approximate surface area is 133 Å². The van der Waals surface area contributed by atoms with Crippen molar-refractivity contribution in [2.24, 2.45) is 0 Å².